The molecule has 0 atom stereocenters. The van der Waals surface area contributed by atoms with Crippen LogP contribution in [0.1, 0.15) is 16.8 Å². The van der Waals surface area contributed by atoms with E-state index >= 15 is 0 Å². The Hall–Kier alpha value is -2.27. The molecular weight excluding hydrogens is 300 g/mol. The number of aromatic nitrogens is 3. The fraction of sp³-hybridized carbons (Fsp3) is 0.250. The van der Waals surface area contributed by atoms with Crippen molar-refractivity contribution in [1.82, 2.24) is 19.7 Å². The minimum Gasteiger partial charge on any atom is -0.361 e. The molecule has 1 amide bonds. The Labute approximate surface area is 132 Å². The fourth-order valence-electron chi connectivity index (χ4n) is 3.03. The zero-order valence-corrected chi connectivity index (χ0v) is 12.9. The van der Waals surface area contributed by atoms with Crippen molar-refractivity contribution in [2.45, 2.75) is 19.5 Å². The van der Waals surface area contributed by atoms with Gasteiger partial charge in [0.2, 0.25) is 5.91 Å². The SMILES string of the molecule is Cn1ncc2c1CN(C(=O)Cc1c[nH]c3ccc(Cl)cc13)C2. The molecule has 0 unspecified atom stereocenters. The molecule has 1 aromatic carbocycles. The molecule has 0 bridgehead atoms. The number of fused-ring (bicyclic) bond motifs is 2. The topological polar surface area (TPSA) is 53.9 Å². The molecule has 4 rings (SSSR count). The van der Waals surface area contributed by atoms with E-state index < -0.39 is 0 Å². The first-order chi connectivity index (χ1) is 10.6. The first-order valence-corrected chi connectivity index (χ1v) is 7.52. The molecule has 6 heteroatoms. The number of aryl methyl sites for hydroxylation is 1. The smallest absolute Gasteiger partial charge is 0.227 e. The molecule has 3 aromatic rings. The van der Waals surface area contributed by atoms with Crippen LogP contribution in [0, 0.1) is 0 Å². The lowest BCUT2D eigenvalue weighted by molar-refractivity contribution is -0.131. The first-order valence-electron chi connectivity index (χ1n) is 7.15. The van der Waals surface area contributed by atoms with Crippen LogP contribution < -0.4 is 0 Å². The largest absolute Gasteiger partial charge is 0.361 e. The number of nitrogens with zero attached hydrogens (tertiary/aromatic N) is 3. The summed E-state index contributed by atoms with van der Waals surface area (Å²) in [4.78, 5) is 17.6. The van der Waals surface area contributed by atoms with E-state index in [4.69, 9.17) is 11.6 Å². The standard InChI is InChI=1S/C16H15ClN4O/c1-20-15-9-21(8-11(15)7-19-20)16(22)4-10-6-18-14-3-2-12(17)5-13(10)14/h2-3,5-7,18H,4,8-9H2,1H3. The van der Waals surface area contributed by atoms with Crippen molar-refractivity contribution >= 4 is 28.4 Å². The highest BCUT2D eigenvalue weighted by atomic mass is 35.5. The average Bonchev–Trinajstić information content (AvgIpc) is 3.16. The number of nitrogens with one attached hydrogen (secondary N) is 1. The number of rotatable bonds is 2. The number of halogens is 1. The summed E-state index contributed by atoms with van der Waals surface area (Å²) >= 11 is 6.06. The van der Waals surface area contributed by atoms with Crippen LogP contribution in [0.5, 0.6) is 0 Å². The molecule has 0 spiro atoms. The van der Waals surface area contributed by atoms with Crippen LogP contribution in [0.4, 0.5) is 0 Å². The molecule has 112 valence electrons. The van der Waals surface area contributed by atoms with Crippen LogP contribution in [-0.2, 0) is 31.4 Å². The maximum absolute atomic E-state index is 12.6. The second-order valence-electron chi connectivity index (χ2n) is 5.67. The number of carbonyl (C=O) groups is 1. The number of hydrogen-bond acceptors (Lipinski definition) is 2. The van der Waals surface area contributed by atoms with E-state index in [1.54, 1.807) is 0 Å². The molecule has 5 nitrogen and oxygen atoms in total. The zero-order chi connectivity index (χ0) is 15.3. The maximum Gasteiger partial charge on any atom is 0.227 e. The van der Waals surface area contributed by atoms with Gasteiger partial charge in [0.25, 0.3) is 0 Å². The van der Waals surface area contributed by atoms with Gasteiger partial charge in [0.15, 0.2) is 0 Å². The molecule has 1 N–H and O–H groups in total. The minimum absolute atomic E-state index is 0.122. The van der Waals surface area contributed by atoms with Crippen LogP contribution in [0.2, 0.25) is 5.02 Å². The van der Waals surface area contributed by atoms with E-state index in [1.165, 1.54) is 0 Å². The molecule has 0 saturated heterocycles. The summed E-state index contributed by atoms with van der Waals surface area (Å²) < 4.78 is 1.84. The molecule has 1 aliphatic heterocycles. The Morgan fingerprint density at radius 1 is 1.41 bits per heavy atom. The number of amides is 1. The molecule has 22 heavy (non-hydrogen) atoms. The number of hydrogen-bond donors (Lipinski definition) is 1. The van der Waals surface area contributed by atoms with Gasteiger partial charge in [-0.2, -0.15) is 5.10 Å². The summed E-state index contributed by atoms with van der Waals surface area (Å²) in [6.45, 7) is 1.28. The number of H-pyrrole nitrogens is 1. The maximum atomic E-state index is 12.6. The number of carbonyl (C=O) groups excluding carboxylic acids is 1. The van der Waals surface area contributed by atoms with Crippen molar-refractivity contribution in [3.63, 3.8) is 0 Å². The number of benzene rings is 1. The molecule has 0 saturated carbocycles. The van der Waals surface area contributed by atoms with Gasteiger partial charge in [0.05, 0.1) is 24.9 Å². The van der Waals surface area contributed by atoms with Gasteiger partial charge in [-0.15, -0.1) is 0 Å². The van der Waals surface area contributed by atoms with Crippen molar-refractivity contribution < 1.29 is 4.79 Å². The third-order valence-electron chi connectivity index (χ3n) is 4.27. The summed E-state index contributed by atoms with van der Waals surface area (Å²) in [5.41, 5.74) is 4.24. The summed E-state index contributed by atoms with van der Waals surface area (Å²) in [5.74, 6) is 0.122. The molecule has 1 aliphatic rings. The van der Waals surface area contributed by atoms with Crippen molar-refractivity contribution in [2.24, 2.45) is 7.05 Å². The van der Waals surface area contributed by atoms with Crippen molar-refractivity contribution in [3.05, 3.63) is 52.4 Å². The van der Waals surface area contributed by atoms with E-state index in [1.807, 2.05) is 47.2 Å². The quantitative estimate of drug-likeness (QED) is 0.790. The van der Waals surface area contributed by atoms with Crippen molar-refractivity contribution in [2.75, 3.05) is 0 Å². The Bertz CT molecular complexity index is 880. The number of aromatic amines is 1. The van der Waals surface area contributed by atoms with Gasteiger partial charge < -0.3 is 9.88 Å². The molecule has 0 aliphatic carbocycles. The molecule has 0 radical (unpaired) electrons. The zero-order valence-electron chi connectivity index (χ0n) is 12.1. The van der Waals surface area contributed by atoms with Gasteiger partial charge in [-0.3, -0.25) is 9.48 Å². The lowest BCUT2D eigenvalue weighted by atomic mass is 10.1. The fourth-order valence-corrected chi connectivity index (χ4v) is 3.21. The van der Waals surface area contributed by atoms with Crippen LogP contribution in [0.3, 0.4) is 0 Å². The normalized spacial score (nSPS) is 13.8. The van der Waals surface area contributed by atoms with E-state index in [9.17, 15) is 4.79 Å². The summed E-state index contributed by atoms with van der Waals surface area (Å²) in [6, 6.07) is 5.68. The highest BCUT2D eigenvalue weighted by Crippen LogP contribution is 2.26. The van der Waals surface area contributed by atoms with Gasteiger partial charge in [-0.05, 0) is 23.8 Å². The van der Waals surface area contributed by atoms with E-state index in [0.29, 0.717) is 24.5 Å². The van der Waals surface area contributed by atoms with E-state index in [-0.39, 0.29) is 5.91 Å². The average molecular weight is 315 g/mol. The van der Waals surface area contributed by atoms with Gasteiger partial charge in [-0.1, -0.05) is 11.6 Å². The minimum atomic E-state index is 0.122. The lowest BCUT2D eigenvalue weighted by Crippen LogP contribution is -2.27. The molecule has 2 aromatic heterocycles. The van der Waals surface area contributed by atoms with Crippen molar-refractivity contribution in [3.8, 4) is 0 Å². The second-order valence-corrected chi connectivity index (χ2v) is 6.11. The van der Waals surface area contributed by atoms with Crippen LogP contribution in [0.25, 0.3) is 10.9 Å². The van der Waals surface area contributed by atoms with Crippen molar-refractivity contribution in [1.29, 1.82) is 0 Å². The second kappa shape index (κ2) is 4.88. The van der Waals surface area contributed by atoms with Crippen LogP contribution in [0.15, 0.2) is 30.6 Å². The van der Waals surface area contributed by atoms with Crippen LogP contribution in [-0.4, -0.2) is 25.6 Å². The Balaban J connectivity index is 1.56. The third kappa shape index (κ3) is 2.09. The molecule has 0 fully saturated rings. The van der Waals surface area contributed by atoms with Crippen LogP contribution >= 0.6 is 11.6 Å². The molecular formula is C16H15ClN4O. The van der Waals surface area contributed by atoms with Gasteiger partial charge >= 0.3 is 0 Å². The van der Waals surface area contributed by atoms with E-state index in [2.05, 4.69) is 10.1 Å². The lowest BCUT2D eigenvalue weighted by Gasteiger charge is -2.15. The predicted molar refractivity (Wildman–Crippen MR) is 84.5 cm³/mol. The van der Waals surface area contributed by atoms with E-state index in [0.717, 1.165) is 27.7 Å². The van der Waals surface area contributed by atoms with Gasteiger partial charge in [-0.25, -0.2) is 0 Å². The molecule has 3 heterocycles. The van der Waals surface area contributed by atoms with Gasteiger partial charge in [0.1, 0.15) is 0 Å². The Kier molecular flexibility index (Phi) is 2.97. The highest BCUT2D eigenvalue weighted by molar-refractivity contribution is 6.31. The van der Waals surface area contributed by atoms with Gasteiger partial charge in [0, 0.05) is 41.3 Å². The Morgan fingerprint density at radius 2 is 2.27 bits per heavy atom. The summed E-state index contributed by atoms with van der Waals surface area (Å²) in [6.07, 6.45) is 4.11. The monoisotopic (exact) mass is 314 g/mol. The third-order valence-corrected chi connectivity index (χ3v) is 4.51. The highest BCUT2D eigenvalue weighted by Gasteiger charge is 2.26. The predicted octanol–water partition coefficient (Wildman–Crippen LogP) is 2.64. The summed E-state index contributed by atoms with van der Waals surface area (Å²) in [7, 11) is 1.91. The first kappa shape index (κ1) is 13.4. The Morgan fingerprint density at radius 3 is 3.09 bits per heavy atom. The summed E-state index contributed by atoms with van der Waals surface area (Å²) in [5, 5.41) is 5.91.